The number of hydrogen-bond acceptors (Lipinski definition) is 2. The van der Waals surface area contributed by atoms with Gasteiger partial charge in [0.1, 0.15) is 5.56 Å². The Labute approximate surface area is 57.3 Å². The number of nitrogen functional groups attached to an aromatic ring is 1. The van der Waals surface area contributed by atoms with Crippen LogP contribution in [0, 0.1) is 0 Å². The predicted molar refractivity (Wildman–Crippen MR) is 34.4 cm³/mol. The van der Waals surface area contributed by atoms with Crippen LogP contribution in [0.1, 0.15) is 10.4 Å². The summed E-state index contributed by atoms with van der Waals surface area (Å²) < 4.78 is 0. The molecule has 4 N–H and O–H groups in total. The molecule has 0 saturated carbocycles. The van der Waals surface area contributed by atoms with Crippen LogP contribution in [0.15, 0.2) is 18.3 Å². The largest absolute Gasteiger partial charge is 0.477 e. The second kappa shape index (κ2) is 2.34. The van der Waals surface area contributed by atoms with Gasteiger partial charge in [-0.25, -0.2) is 9.78 Å². The van der Waals surface area contributed by atoms with Gasteiger partial charge in [-0.2, -0.15) is 0 Å². The summed E-state index contributed by atoms with van der Waals surface area (Å²) in [4.78, 5) is 12.9. The third-order valence-corrected chi connectivity index (χ3v) is 1.12. The molecule has 10 heavy (non-hydrogen) atoms. The summed E-state index contributed by atoms with van der Waals surface area (Å²) in [5, 5.41) is 8.47. The van der Waals surface area contributed by atoms with Gasteiger partial charge in [-0.05, 0) is 12.1 Å². The fourth-order valence-electron chi connectivity index (χ4n) is 0.636. The van der Waals surface area contributed by atoms with Crippen molar-refractivity contribution < 1.29 is 14.9 Å². The van der Waals surface area contributed by atoms with Gasteiger partial charge in [0.2, 0.25) is 0 Å². The van der Waals surface area contributed by atoms with E-state index in [-0.39, 0.29) is 11.4 Å². The molecular weight excluding hydrogens is 132 g/mol. The standard InChI is InChI=1S/C6H6N2O2/c7-5-4(6(9)10)2-1-3-8-5/h1-3H,(H2,7,8)(H,9,10)/p+1. The fraction of sp³-hybridized carbons (Fsp3) is 0. The summed E-state index contributed by atoms with van der Waals surface area (Å²) in [6.45, 7) is 0. The first kappa shape index (κ1) is 6.54. The Balaban J connectivity index is 3.15. The van der Waals surface area contributed by atoms with Gasteiger partial charge in [-0.3, -0.25) is 5.73 Å². The van der Waals surface area contributed by atoms with Crippen LogP contribution in [0.4, 0.5) is 5.82 Å². The number of carboxylic acids is 1. The van der Waals surface area contributed by atoms with E-state index in [1.54, 1.807) is 12.3 Å². The van der Waals surface area contributed by atoms with Gasteiger partial charge in [0.05, 0.1) is 6.20 Å². The van der Waals surface area contributed by atoms with E-state index in [4.69, 9.17) is 10.8 Å². The zero-order chi connectivity index (χ0) is 7.56. The fourth-order valence-corrected chi connectivity index (χ4v) is 0.636. The molecular formula is C6H7N2O2+. The highest BCUT2D eigenvalue weighted by atomic mass is 16.4. The Kier molecular flexibility index (Phi) is 1.53. The lowest BCUT2D eigenvalue weighted by Crippen LogP contribution is -2.14. The van der Waals surface area contributed by atoms with Crippen molar-refractivity contribution in [3.8, 4) is 0 Å². The van der Waals surface area contributed by atoms with E-state index in [2.05, 4.69) is 4.98 Å². The molecule has 0 atom stereocenters. The molecule has 0 bridgehead atoms. The molecule has 0 radical (unpaired) electrons. The smallest absolute Gasteiger partial charge is 0.344 e. The Morgan fingerprint density at radius 2 is 2.40 bits per heavy atom. The molecule has 0 aromatic carbocycles. The molecule has 0 aliphatic carbocycles. The highest BCUT2D eigenvalue weighted by Crippen LogP contribution is 2.01. The van der Waals surface area contributed by atoms with Crippen molar-refractivity contribution in [2.24, 2.45) is 0 Å². The SMILES string of the molecule is Nc1[nH+]cccc1C(=O)O. The van der Waals surface area contributed by atoms with E-state index in [1.165, 1.54) is 6.07 Å². The summed E-state index contributed by atoms with van der Waals surface area (Å²) in [7, 11) is 0. The second-order valence-corrected chi connectivity index (χ2v) is 1.80. The molecule has 1 aromatic heterocycles. The van der Waals surface area contributed by atoms with Crippen LogP contribution < -0.4 is 10.7 Å². The van der Waals surface area contributed by atoms with Crippen molar-refractivity contribution in [2.45, 2.75) is 0 Å². The average Bonchev–Trinajstić information content (AvgIpc) is 1.88. The lowest BCUT2D eigenvalue weighted by atomic mass is 10.3. The Morgan fingerprint density at radius 1 is 1.70 bits per heavy atom. The van der Waals surface area contributed by atoms with E-state index in [0.717, 1.165) is 0 Å². The summed E-state index contributed by atoms with van der Waals surface area (Å²) in [5.74, 6) is -0.843. The number of pyridine rings is 1. The first-order valence-corrected chi connectivity index (χ1v) is 2.71. The minimum atomic E-state index is -1.02. The van der Waals surface area contributed by atoms with E-state index in [0.29, 0.717) is 0 Å². The van der Waals surface area contributed by atoms with Crippen LogP contribution in [0.3, 0.4) is 0 Å². The molecule has 0 aliphatic rings. The Morgan fingerprint density at radius 3 is 2.80 bits per heavy atom. The molecule has 0 fully saturated rings. The first-order chi connectivity index (χ1) is 4.72. The molecule has 4 nitrogen and oxygen atoms in total. The van der Waals surface area contributed by atoms with Crippen LogP contribution in [0.5, 0.6) is 0 Å². The first-order valence-electron chi connectivity index (χ1n) is 2.71. The van der Waals surface area contributed by atoms with Gasteiger partial charge in [0.15, 0.2) is 0 Å². The number of hydrogen-bond donors (Lipinski definition) is 2. The van der Waals surface area contributed by atoms with Gasteiger partial charge in [-0.1, -0.05) is 0 Å². The quantitative estimate of drug-likeness (QED) is 0.564. The number of nitrogens with one attached hydrogen (secondary N) is 1. The lowest BCUT2D eigenvalue weighted by Gasteiger charge is -1.90. The molecule has 1 heterocycles. The minimum absolute atomic E-state index is 0.0995. The van der Waals surface area contributed by atoms with Crippen LogP contribution in [0.2, 0.25) is 0 Å². The molecule has 0 unspecified atom stereocenters. The molecule has 0 aliphatic heterocycles. The zero-order valence-corrected chi connectivity index (χ0v) is 5.16. The van der Waals surface area contributed by atoms with Crippen molar-refractivity contribution in [3.63, 3.8) is 0 Å². The normalized spacial score (nSPS) is 9.20. The summed E-state index contributed by atoms with van der Waals surface area (Å²) in [6, 6.07) is 3.02. The molecule has 0 amide bonds. The van der Waals surface area contributed by atoms with Crippen LogP contribution in [0.25, 0.3) is 0 Å². The van der Waals surface area contributed by atoms with E-state index < -0.39 is 5.97 Å². The number of aromatic nitrogens is 1. The molecule has 0 saturated heterocycles. The topological polar surface area (TPSA) is 77.5 Å². The molecule has 4 heteroatoms. The van der Waals surface area contributed by atoms with Crippen molar-refractivity contribution >= 4 is 11.8 Å². The summed E-state index contributed by atoms with van der Waals surface area (Å²) >= 11 is 0. The van der Waals surface area contributed by atoms with Gasteiger partial charge < -0.3 is 5.11 Å². The highest BCUT2D eigenvalue weighted by molar-refractivity contribution is 5.91. The summed E-state index contributed by atoms with van der Waals surface area (Å²) in [6.07, 6.45) is 1.57. The maximum atomic E-state index is 10.3. The minimum Gasteiger partial charge on any atom is -0.477 e. The maximum absolute atomic E-state index is 10.3. The van der Waals surface area contributed by atoms with Gasteiger partial charge >= 0.3 is 5.97 Å². The molecule has 1 rings (SSSR count). The number of H-pyrrole nitrogens is 1. The van der Waals surface area contributed by atoms with E-state index >= 15 is 0 Å². The van der Waals surface area contributed by atoms with Crippen LogP contribution in [-0.4, -0.2) is 11.1 Å². The van der Waals surface area contributed by atoms with Crippen molar-refractivity contribution in [3.05, 3.63) is 23.9 Å². The average molecular weight is 139 g/mol. The highest BCUT2D eigenvalue weighted by Gasteiger charge is 2.10. The zero-order valence-electron chi connectivity index (χ0n) is 5.16. The van der Waals surface area contributed by atoms with Gasteiger partial charge in [-0.15, -0.1) is 0 Å². The maximum Gasteiger partial charge on any atom is 0.344 e. The Bertz CT molecular complexity index is 260. The second-order valence-electron chi connectivity index (χ2n) is 1.80. The monoisotopic (exact) mass is 139 g/mol. The van der Waals surface area contributed by atoms with Gasteiger partial charge in [0, 0.05) is 0 Å². The number of carboxylic acid groups (broad SMARTS) is 1. The van der Waals surface area contributed by atoms with Crippen molar-refractivity contribution in [2.75, 3.05) is 5.73 Å². The molecule has 0 spiro atoms. The van der Waals surface area contributed by atoms with Crippen molar-refractivity contribution in [1.29, 1.82) is 0 Å². The Hall–Kier alpha value is -1.58. The number of aromatic carboxylic acids is 1. The van der Waals surface area contributed by atoms with E-state index in [9.17, 15) is 4.79 Å². The summed E-state index contributed by atoms with van der Waals surface area (Å²) in [5.41, 5.74) is 5.38. The van der Waals surface area contributed by atoms with Crippen molar-refractivity contribution in [1.82, 2.24) is 0 Å². The number of anilines is 1. The number of carbonyl (C=O) groups is 1. The third kappa shape index (κ3) is 1.05. The third-order valence-electron chi connectivity index (χ3n) is 1.12. The van der Waals surface area contributed by atoms with E-state index in [1.807, 2.05) is 0 Å². The van der Waals surface area contributed by atoms with Crippen LogP contribution in [-0.2, 0) is 0 Å². The molecule has 1 aromatic rings. The van der Waals surface area contributed by atoms with Crippen LogP contribution >= 0.6 is 0 Å². The predicted octanol–water partition coefficient (Wildman–Crippen LogP) is -0.219. The number of rotatable bonds is 1. The number of aromatic amines is 1. The number of nitrogens with two attached hydrogens (primary N) is 1. The molecule has 52 valence electrons. The van der Waals surface area contributed by atoms with Gasteiger partial charge in [0.25, 0.3) is 5.82 Å². The lowest BCUT2D eigenvalue weighted by molar-refractivity contribution is -0.360.